The largest absolute Gasteiger partial charge is 0.396 e. The Kier molecular flexibility index (Phi) is 68.0. The Bertz CT molecular complexity index is 1710. The number of rotatable bonds is 26. The highest BCUT2D eigenvalue weighted by molar-refractivity contribution is 7.19. The van der Waals surface area contributed by atoms with Crippen LogP contribution < -0.4 is 44.8 Å². The van der Waals surface area contributed by atoms with Gasteiger partial charge in [0, 0.05) is 132 Å². The smallest absolute Gasteiger partial charge is 0.205 e. The number of unbranched alkanes of at least 4 members (excludes halogenated alkanes) is 1. The Balaban J connectivity index is -0.000000199. The van der Waals surface area contributed by atoms with E-state index in [4.69, 9.17) is 55.7 Å². The molecule has 0 amide bonds. The van der Waals surface area contributed by atoms with Crippen LogP contribution in [0, 0.1) is 16.2 Å². The Labute approximate surface area is 474 Å². The molecule has 25 nitrogen and oxygen atoms in total. The molecule has 9 atom stereocenters. The molecule has 34 heteroatoms. The molecular formula is C41H105N24OP9. The number of nitrogens with two attached hydrogens (primary N) is 6. The first kappa shape index (κ1) is 83.9. The Morgan fingerprint density at radius 3 is 1.20 bits per heavy atom. The summed E-state index contributed by atoms with van der Waals surface area (Å²) < 4.78 is 22.3. The van der Waals surface area contributed by atoms with Gasteiger partial charge in [0.15, 0.2) is 5.96 Å². The van der Waals surface area contributed by atoms with E-state index < -0.39 is 0 Å². The zero-order chi connectivity index (χ0) is 59.2. The second kappa shape index (κ2) is 60.8. The summed E-state index contributed by atoms with van der Waals surface area (Å²) in [4.78, 5) is 19.5. The standard InChI is InChI=1S/C12H29N6P3.C10H21N5.C8H22N5P3.C5H12N2O.C3H12N3P3.C3H9N3/c1-4-10(14-2)7-9-18(21)12(16-19)17(20)8-5-6-11(13)15-3;11-8(5-3-7-10(14)15)4-1-2-6-9(12)13;1-3-12(15)8(11-14)13(16)6-4-5-7(9)10-2;1-7-5(6)3-2-4-8;1-2-6(9)3(4-7)5-8;1-5-3(4)6-2/h4-9,19-21H2,1-3H3,(H2,13,15);11H,1-7H2,(H3,12,13)(H3,14,15);3-6,14-16H2,1-2H3,(H2,9,10);8H,2-4H2,1H3,(H2,6,7);2,7-9H2,1H3,(H,4,5);1-2H3,(H3,4,5,6). The number of hydrogen-bond acceptors (Lipinski definition) is 12. The molecule has 0 rings (SSSR count). The third kappa shape index (κ3) is 57.6. The molecule has 0 bridgehead atoms. The van der Waals surface area contributed by atoms with Gasteiger partial charge in [0.1, 0.15) is 0 Å². The van der Waals surface area contributed by atoms with E-state index in [0.29, 0.717) is 54.9 Å². The number of nitrogens with one attached hydrogen (secondary N) is 5. The zero-order valence-electron chi connectivity index (χ0n) is 46.8. The van der Waals surface area contributed by atoms with Gasteiger partial charge in [-0.3, -0.25) is 35.8 Å². The number of hydrogen-bond donors (Lipinski definition) is 12. The van der Waals surface area contributed by atoms with Crippen molar-refractivity contribution in [3.8, 4) is 0 Å². The minimum atomic E-state index is 0.191. The lowest BCUT2D eigenvalue weighted by Crippen LogP contribution is -2.35. The minimum absolute atomic E-state index is 0.191. The van der Waals surface area contributed by atoms with Gasteiger partial charge in [0.25, 0.3) is 0 Å². The van der Waals surface area contributed by atoms with Crippen LogP contribution in [-0.2, 0) is 0 Å². The van der Waals surface area contributed by atoms with Crippen LogP contribution in [0.2, 0.25) is 0 Å². The molecule has 0 aromatic rings. The van der Waals surface area contributed by atoms with E-state index in [0.717, 1.165) is 121 Å². The lowest BCUT2D eigenvalue weighted by atomic mass is 10.1. The molecule has 0 saturated carbocycles. The average Bonchev–Trinajstić information content (AvgIpc) is 3.40. The maximum atomic E-state index is 8.30. The number of aliphatic hydroxyl groups excluding tert-OH is 1. The number of aliphatic hydroxyl groups is 1. The van der Waals surface area contributed by atoms with E-state index in [1.165, 1.54) is 5.71 Å². The molecule has 0 fully saturated rings. The molecule has 0 aromatic carbocycles. The van der Waals surface area contributed by atoms with Crippen LogP contribution in [-0.4, -0.2) is 175 Å². The van der Waals surface area contributed by atoms with Crippen molar-refractivity contribution in [3.63, 3.8) is 0 Å². The number of guanidine groups is 4. The van der Waals surface area contributed by atoms with Crippen molar-refractivity contribution in [2.75, 3.05) is 81.6 Å². The van der Waals surface area contributed by atoms with Gasteiger partial charge in [-0.15, -0.1) is 0 Å². The quantitative estimate of drug-likeness (QED) is 0.0250. The maximum absolute atomic E-state index is 8.30. The second-order valence-electron chi connectivity index (χ2n) is 15.3. The third-order valence-corrected chi connectivity index (χ3v) is 13.2. The number of nitrogens with zero attached hydrogens (tertiary/aromatic N) is 13. The monoisotopic (exact) mass is 1230 g/mol. The van der Waals surface area contributed by atoms with Crippen LogP contribution >= 0.6 is 84.5 Å². The fraction of sp³-hybridized carbons (Fsp3) is 0.732. The molecule has 0 radical (unpaired) electrons. The summed E-state index contributed by atoms with van der Waals surface area (Å²) >= 11 is 0. The number of aliphatic imine (C=N–C) groups is 5. The van der Waals surface area contributed by atoms with Crippen molar-refractivity contribution < 1.29 is 5.11 Å². The van der Waals surface area contributed by atoms with Gasteiger partial charge in [-0.25, -0.2) is 14.3 Å². The van der Waals surface area contributed by atoms with Gasteiger partial charge in [0.05, 0.1) is 29.2 Å². The normalized spacial score (nSPS) is 12.0. The van der Waals surface area contributed by atoms with Crippen LogP contribution in [0.4, 0.5) is 0 Å². The topological polar surface area (TPSA) is 387 Å². The SMILES string of the molecule is CCC(CCN(P)C(=NP)N(P)CCCC(N)=NC)=NC.CCN(P)C(=NP)N(P)CCCC(N)=NC.CCN(P)C(=NP)NP.CN=C(N)CCCO.CN=C(N)NC.N=C(N)CCCCC(=N)CCCC(=N)N. The Morgan fingerprint density at radius 1 is 0.493 bits per heavy atom. The van der Waals surface area contributed by atoms with E-state index in [1.54, 1.807) is 35.2 Å². The molecule has 440 valence electrons. The van der Waals surface area contributed by atoms with E-state index in [9.17, 15) is 0 Å². The van der Waals surface area contributed by atoms with Crippen molar-refractivity contribution in [2.45, 2.75) is 117 Å². The van der Waals surface area contributed by atoms with E-state index in [1.807, 2.05) is 32.7 Å². The fourth-order valence-electron chi connectivity index (χ4n) is 4.95. The molecule has 0 aromatic heterocycles. The summed E-state index contributed by atoms with van der Waals surface area (Å²) in [6.45, 7) is 10.8. The van der Waals surface area contributed by atoms with Crippen molar-refractivity contribution in [2.24, 2.45) is 73.7 Å². The van der Waals surface area contributed by atoms with Crippen molar-refractivity contribution >= 4 is 149 Å². The molecule has 0 aliphatic heterocycles. The van der Waals surface area contributed by atoms with Crippen LogP contribution in [0.25, 0.3) is 0 Å². The van der Waals surface area contributed by atoms with Gasteiger partial charge in [-0.1, -0.05) is 6.92 Å². The summed E-state index contributed by atoms with van der Waals surface area (Å²) in [5, 5.41) is 35.5. The van der Waals surface area contributed by atoms with Gasteiger partial charge in [-0.2, -0.15) is 0 Å². The van der Waals surface area contributed by atoms with Crippen molar-refractivity contribution in [1.82, 2.24) is 33.8 Å². The summed E-state index contributed by atoms with van der Waals surface area (Å²) in [5.41, 5.74) is 34.1. The first-order chi connectivity index (χ1) is 35.4. The fourth-order valence-corrected chi connectivity index (χ4v) is 8.73. The third-order valence-electron chi connectivity index (χ3n) is 9.54. The highest BCUT2D eigenvalue weighted by Gasteiger charge is 2.13. The molecule has 0 heterocycles. The van der Waals surface area contributed by atoms with E-state index in [-0.39, 0.29) is 18.3 Å². The van der Waals surface area contributed by atoms with Crippen LogP contribution in [0.15, 0.2) is 39.3 Å². The van der Waals surface area contributed by atoms with Crippen molar-refractivity contribution in [3.05, 3.63) is 0 Å². The van der Waals surface area contributed by atoms with Gasteiger partial charge in [-0.05, 0) is 156 Å². The van der Waals surface area contributed by atoms with Crippen molar-refractivity contribution in [1.29, 1.82) is 16.2 Å². The minimum Gasteiger partial charge on any atom is -0.396 e. The van der Waals surface area contributed by atoms with Crippen LogP contribution in [0.3, 0.4) is 0 Å². The summed E-state index contributed by atoms with van der Waals surface area (Å²) in [6.07, 6.45) is 12.1. The predicted octanol–water partition coefficient (Wildman–Crippen LogP) is 4.19. The lowest BCUT2D eigenvalue weighted by Gasteiger charge is -2.28. The van der Waals surface area contributed by atoms with E-state index >= 15 is 0 Å². The molecule has 0 spiro atoms. The highest BCUT2D eigenvalue weighted by atomic mass is 31.0. The first-order valence-corrected chi connectivity index (χ1v) is 28.9. The van der Waals surface area contributed by atoms with Gasteiger partial charge < -0.3 is 78.7 Å². The Hall–Kier alpha value is -2.40. The molecular weight excluding hydrogens is 1120 g/mol. The lowest BCUT2D eigenvalue weighted by molar-refractivity contribution is 0.291. The second-order valence-corrected chi connectivity index (χ2v) is 19.4. The summed E-state index contributed by atoms with van der Waals surface area (Å²) in [7, 11) is 33.0. The molecule has 9 unspecified atom stereocenters. The molecule has 75 heavy (non-hydrogen) atoms. The van der Waals surface area contributed by atoms with E-state index in [2.05, 4.69) is 153 Å². The van der Waals surface area contributed by atoms with Crippen LogP contribution in [0.1, 0.15) is 117 Å². The molecule has 18 N–H and O–H groups in total. The number of amidine groups is 5. The zero-order valence-corrected chi connectivity index (χ0v) is 57.2. The first-order valence-electron chi connectivity index (χ1n) is 24.2. The van der Waals surface area contributed by atoms with Gasteiger partial charge in [0.2, 0.25) is 17.9 Å². The van der Waals surface area contributed by atoms with Gasteiger partial charge >= 0.3 is 0 Å². The molecule has 0 aliphatic carbocycles. The summed E-state index contributed by atoms with van der Waals surface area (Å²) in [5.74, 6) is 5.47. The maximum Gasteiger partial charge on any atom is 0.205 e. The Morgan fingerprint density at radius 2 is 0.893 bits per heavy atom. The average molecular weight is 1230 g/mol. The molecule has 0 aliphatic rings. The van der Waals surface area contributed by atoms with Crippen LogP contribution in [0.5, 0.6) is 0 Å². The summed E-state index contributed by atoms with van der Waals surface area (Å²) in [6, 6.07) is 0. The predicted molar refractivity (Wildman–Crippen MR) is 364 cm³/mol. The highest BCUT2D eigenvalue weighted by Crippen LogP contribution is 2.15. The molecule has 0 saturated heterocycles.